The molecule has 2 rings (SSSR count). The molecule has 86 valence electrons. The van der Waals surface area contributed by atoms with E-state index in [0.717, 1.165) is 25.7 Å². The van der Waals surface area contributed by atoms with E-state index in [9.17, 15) is 4.79 Å². The van der Waals surface area contributed by atoms with Gasteiger partial charge in [0.2, 0.25) is 0 Å². The molecule has 0 amide bonds. The highest BCUT2D eigenvalue weighted by atomic mass is 32.2. The lowest BCUT2D eigenvalue weighted by molar-refractivity contribution is -0.139. The van der Waals surface area contributed by atoms with E-state index in [2.05, 4.69) is 5.32 Å². The van der Waals surface area contributed by atoms with Gasteiger partial charge in [-0.2, -0.15) is 0 Å². The summed E-state index contributed by atoms with van der Waals surface area (Å²) in [5.74, 6) is -0.0410. The fourth-order valence-corrected chi connectivity index (χ4v) is 3.82. The second-order valence-electron chi connectivity index (χ2n) is 4.28. The highest BCUT2D eigenvalue weighted by Gasteiger charge is 2.44. The summed E-state index contributed by atoms with van der Waals surface area (Å²) in [6, 6.07) is -0.367. The van der Waals surface area contributed by atoms with Crippen molar-refractivity contribution in [1.29, 1.82) is 0 Å². The molecule has 4 nitrogen and oxygen atoms in total. The zero-order chi connectivity index (χ0) is 10.9. The molecule has 1 aliphatic heterocycles. The van der Waals surface area contributed by atoms with Gasteiger partial charge in [-0.05, 0) is 25.7 Å². The van der Waals surface area contributed by atoms with Crippen LogP contribution in [-0.2, 0) is 9.53 Å². The number of hydrogen-bond donors (Lipinski definition) is 2. The van der Waals surface area contributed by atoms with E-state index in [-0.39, 0.29) is 10.9 Å². The van der Waals surface area contributed by atoms with Crippen molar-refractivity contribution in [2.45, 2.75) is 42.7 Å². The van der Waals surface area contributed by atoms with Crippen LogP contribution in [-0.4, -0.2) is 41.0 Å². The molecular formula is C10H17NO3S. The molecule has 0 aromatic carbocycles. The van der Waals surface area contributed by atoms with Gasteiger partial charge in [-0.15, -0.1) is 11.8 Å². The summed E-state index contributed by atoms with van der Waals surface area (Å²) in [7, 11) is 1.75. The molecule has 0 aromatic rings. The Kier molecular flexibility index (Phi) is 3.23. The van der Waals surface area contributed by atoms with E-state index >= 15 is 0 Å². The summed E-state index contributed by atoms with van der Waals surface area (Å²) in [5, 5.41) is 12.2. The van der Waals surface area contributed by atoms with Crippen LogP contribution in [0.1, 0.15) is 25.7 Å². The lowest BCUT2D eigenvalue weighted by Crippen LogP contribution is -2.47. The Balaban J connectivity index is 1.92. The van der Waals surface area contributed by atoms with Crippen molar-refractivity contribution in [2.75, 3.05) is 12.9 Å². The molecular weight excluding hydrogens is 214 g/mol. The van der Waals surface area contributed by atoms with Gasteiger partial charge in [-0.3, -0.25) is 10.1 Å². The molecule has 5 heteroatoms. The maximum atomic E-state index is 10.8. The first-order valence-electron chi connectivity index (χ1n) is 5.32. The number of carbonyl (C=O) groups is 1. The van der Waals surface area contributed by atoms with Gasteiger partial charge in [0.05, 0.1) is 11.0 Å². The highest BCUT2D eigenvalue weighted by molar-refractivity contribution is 8.00. The standard InChI is InChI=1S/C10H17NO3S/c1-14-7-2-4-10(5-3-7)11-8(6-15-10)9(12)13/h7-8,11H,2-6H2,1H3,(H,12,13). The van der Waals surface area contributed by atoms with Gasteiger partial charge in [0, 0.05) is 12.9 Å². The summed E-state index contributed by atoms with van der Waals surface area (Å²) >= 11 is 1.77. The maximum Gasteiger partial charge on any atom is 0.321 e. The van der Waals surface area contributed by atoms with Gasteiger partial charge in [0.1, 0.15) is 6.04 Å². The molecule has 1 aliphatic carbocycles. The minimum atomic E-state index is -0.728. The van der Waals surface area contributed by atoms with Crippen LogP contribution in [0.15, 0.2) is 0 Å². The fraction of sp³-hybridized carbons (Fsp3) is 0.900. The monoisotopic (exact) mass is 231 g/mol. The zero-order valence-electron chi connectivity index (χ0n) is 8.86. The van der Waals surface area contributed by atoms with Crippen molar-refractivity contribution in [3.63, 3.8) is 0 Å². The van der Waals surface area contributed by atoms with Gasteiger partial charge in [-0.1, -0.05) is 0 Å². The van der Waals surface area contributed by atoms with Gasteiger partial charge >= 0.3 is 5.97 Å². The van der Waals surface area contributed by atoms with Gasteiger partial charge in [0.25, 0.3) is 0 Å². The molecule has 15 heavy (non-hydrogen) atoms. The van der Waals surface area contributed by atoms with Crippen molar-refractivity contribution in [3.8, 4) is 0 Å². The van der Waals surface area contributed by atoms with Crippen LogP contribution in [0.3, 0.4) is 0 Å². The maximum absolute atomic E-state index is 10.8. The second kappa shape index (κ2) is 4.31. The van der Waals surface area contributed by atoms with Gasteiger partial charge in [-0.25, -0.2) is 0 Å². The second-order valence-corrected chi connectivity index (χ2v) is 5.68. The van der Waals surface area contributed by atoms with E-state index in [4.69, 9.17) is 9.84 Å². The van der Waals surface area contributed by atoms with Crippen LogP contribution in [0.2, 0.25) is 0 Å². The average Bonchev–Trinajstić information content (AvgIpc) is 2.64. The lowest BCUT2D eigenvalue weighted by atomic mass is 9.92. The number of rotatable bonds is 2. The van der Waals surface area contributed by atoms with Crippen molar-refractivity contribution < 1.29 is 14.6 Å². The molecule has 1 saturated heterocycles. The Morgan fingerprint density at radius 1 is 1.53 bits per heavy atom. The van der Waals surface area contributed by atoms with Crippen LogP contribution in [0, 0.1) is 0 Å². The van der Waals surface area contributed by atoms with E-state index in [0.29, 0.717) is 11.9 Å². The molecule has 1 spiro atoms. The summed E-state index contributed by atoms with van der Waals surface area (Å²) in [4.78, 5) is 10.9. The highest BCUT2D eigenvalue weighted by Crippen LogP contribution is 2.42. The Bertz CT molecular complexity index is 251. The SMILES string of the molecule is COC1CCC2(CC1)NC(C(=O)O)CS2. The molecule has 1 unspecified atom stereocenters. The van der Waals surface area contributed by atoms with Crippen LogP contribution in [0.4, 0.5) is 0 Å². The van der Waals surface area contributed by atoms with E-state index < -0.39 is 5.97 Å². The Hall–Kier alpha value is -0.260. The van der Waals surface area contributed by atoms with Crippen molar-refractivity contribution in [1.82, 2.24) is 5.32 Å². The molecule has 0 aromatic heterocycles. The van der Waals surface area contributed by atoms with Crippen molar-refractivity contribution in [2.24, 2.45) is 0 Å². The molecule has 0 bridgehead atoms. The number of methoxy groups -OCH3 is 1. The third-order valence-electron chi connectivity index (χ3n) is 3.34. The number of carboxylic acids is 1. The topological polar surface area (TPSA) is 58.6 Å². The Morgan fingerprint density at radius 3 is 2.67 bits per heavy atom. The van der Waals surface area contributed by atoms with E-state index in [1.54, 1.807) is 18.9 Å². The molecule has 0 radical (unpaired) electrons. The van der Waals surface area contributed by atoms with Gasteiger partial charge in [0.15, 0.2) is 0 Å². The summed E-state index contributed by atoms with van der Waals surface area (Å²) in [6.45, 7) is 0. The predicted octanol–water partition coefficient (Wildman–Crippen LogP) is 1.06. The molecule has 2 fully saturated rings. The fourth-order valence-electron chi connectivity index (χ4n) is 2.36. The number of carboxylic acid groups (broad SMARTS) is 1. The molecule has 1 saturated carbocycles. The van der Waals surface area contributed by atoms with E-state index in [1.165, 1.54) is 0 Å². The number of nitrogens with one attached hydrogen (secondary N) is 1. The third kappa shape index (κ3) is 2.29. The smallest absolute Gasteiger partial charge is 0.321 e. The predicted molar refractivity (Wildman–Crippen MR) is 59.0 cm³/mol. The first-order valence-corrected chi connectivity index (χ1v) is 6.31. The normalized spacial score (nSPS) is 40.9. The Morgan fingerprint density at radius 2 is 2.20 bits per heavy atom. The number of ether oxygens (including phenoxy) is 1. The average molecular weight is 231 g/mol. The van der Waals surface area contributed by atoms with Crippen molar-refractivity contribution in [3.05, 3.63) is 0 Å². The van der Waals surface area contributed by atoms with Crippen LogP contribution in [0.5, 0.6) is 0 Å². The molecule has 2 aliphatic rings. The largest absolute Gasteiger partial charge is 0.480 e. The van der Waals surface area contributed by atoms with Gasteiger partial charge < -0.3 is 9.84 Å². The number of aliphatic carboxylic acids is 1. The van der Waals surface area contributed by atoms with Crippen LogP contribution < -0.4 is 5.32 Å². The zero-order valence-corrected chi connectivity index (χ0v) is 9.68. The molecule has 1 heterocycles. The summed E-state index contributed by atoms with van der Waals surface area (Å²) < 4.78 is 5.31. The number of hydrogen-bond acceptors (Lipinski definition) is 4. The third-order valence-corrected chi connectivity index (χ3v) is 4.91. The first kappa shape index (κ1) is 11.2. The Labute approximate surface area is 93.8 Å². The minimum absolute atomic E-state index is 0.0120. The van der Waals surface area contributed by atoms with Crippen LogP contribution >= 0.6 is 11.8 Å². The van der Waals surface area contributed by atoms with Crippen molar-refractivity contribution >= 4 is 17.7 Å². The quantitative estimate of drug-likeness (QED) is 0.744. The summed E-state index contributed by atoms with van der Waals surface area (Å²) in [5.41, 5.74) is 0. The molecule has 1 atom stereocenters. The lowest BCUT2D eigenvalue weighted by Gasteiger charge is -2.36. The van der Waals surface area contributed by atoms with Crippen LogP contribution in [0.25, 0.3) is 0 Å². The molecule has 2 N–H and O–H groups in total. The number of thioether (sulfide) groups is 1. The first-order chi connectivity index (χ1) is 7.15. The minimum Gasteiger partial charge on any atom is -0.480 e. The summed E-state index contributed by atoms with van der Waals surface area (Å²) in [6.07, 6.45) is 4.45. The van der Waals surface area contributed by atoms with E-state index in [1.807, 2.05) is 0 Å².